The predicted octanol–water partition coefficient (Wildman–Crippen LogP) is 4.07. The van der Waals surface area contributed by atoms with Crippen LogP contribution in [-0.2, 0) is 6.54 Å². The first-order chi connectivity index (χ1) is 13.5. The highest BCUT2D eigenvalue weighted by molar-refractivity contribution is 6.30. The third-order valence-corrected chi connectivity index (χ3v) is 4.20. The Labute approximate surface area is 165 Å². The largest absolute Gasteiger partial charge is 0.478 e. The van der Waals surface area contributed by atoms with Crippen LogP contribution in [0.25, 0.3) is 11.3 Å². The van der Waals surface area contributed by atoms with Crippen molar-refractivity contribution in [3.63, 3.8) is 0 Å². The van der Waals surface area contributed by atoms with E-state index in [0.29, 0.717) is 34.1 Å². The van der Waals surface area contributed by atoms with Crippen LogP contribution in [-0.4, -0.2) is 26.8 Å². The van der Waals surface area contributed by atoms with Crippen LogP contribution >= 0.6 is 11.6 Å². The monoisotopic (exact) mass is 394 g/mol. The van der Waals surface area contributed by atoms with Gasteiger partial charge in [-0.1, -0.05) is 29.8 Å². The minimum absolute atomic E-state index is 0.0699. The Morgan fingerprint density at radius 2 is 1.96 bits per heavy atom. The fraction of sp³-hybridized carbons (Fsp3) is 0.100. The minimum atomic E-state index is -1.08. The van der Waals surface area contributed by atoms with Gasteiger partial charge in [-0.05, 0) is 30.3 Å². The van der Waals surface area contributed by atoms with Gasteiger partial charge in [-0.15, -0.1) is 0 Å². The standard InChI is InChI=1S/C20H15ClN4O3/c21-15-7-5-13(6-8-15)18-17(12-25(24-18)10-2-9-22)19(26)23-16-4-1-3-14(11-16)20(27)28/h1,3-8,11-12H,2,10H2,(H,23,26)(H,27,28). The van der Waals surface area contributed by atoms with Crippen molar-refractivity contribution >= 4 is 29.2 Å². The van der Waals surface area contributed by atoms with E-state index < -0.39 is 11.9 Å². The summed E-state index contributed by atoms with van der Waals surface area (Å²) < 4.78 is 1.54. The zero-order valence-corrected chi connectivity index (χ0v) is 15.3. The van der Waals surface area contributed by atoms with Gasteiger partial charge in [0.1, 0.15) is 5.69 Å². The number of nitrogens with one attached hydrogen (secondary N) is 1. The maximum atomic E-state index is 12.8. The van der Waals surface area contributed by atoms with Crippen LogP contribution in [0.5, 0.6) is 0 Å². The van der Waals surface area contributed by atoms with Crippen LogP contribution in [0.4, 0.5) is 5.69 Å². The van der Waals surface area contributed by atoms with Crippen molar-refractivity contribution < 1.29 is 14.7 Å². The molecule has 0 saturated heterocycles. The number of anilines is 1. The summed E-state index contributed by atoms with van der Waals surface area (Å²) in [6, 6.07) is 14.9. The molecule has 1 amide bonds. The number of benzene rings is 2. The first-order valence-corrected chi connectivity index (χ1v) is 8.71. The number of hydrogen-bond acceptors (Lipinski definition) is 4. The van der Waals surface area contributed by atoms with Crippen LogP contribution in [0.3, 0.4) is 0 Å². The summed E-state index contributed by atoms with van der Waals surface area (Å²) in [5.74, 6) is -1.52. The molecule has 0 unspecified atom stereocenters. The lowest BCUT2D eigenvalue weighted by Gasteiger charge is -2.06. The number of halogens is 1. The van der Waals surface area contributed by atoms with E-state index in [0.717, 1.165) is 0 Å². The molecule has 0 saturated carbocycles. The summed E-state index contributed by atoms with van der Waals surface area (Å²) in [5, 5.41) is 25.6. The lowest BCUT2D eigenvalue weighted by Crippen LogP contribution is -2.13. The zero-order chi connectivity index (χ0) is 20.1. The van der Waals surface area contributed by atoms with Crippen molar-refractivity contribution in [1.29, 1.82) is 5.26 Å². The molecule has 0 spiro atoms. The summed E-state index contributed by atoms with van der Waals surface area (Å²) in [4.78, 5) is 24.0. The Hall–Kier alpha value is -3.63. The second kappa shape index (κ2) is 8.37. The van der Waals surface area contributed by atoms with Crippen LogP contribution in [0, 0.1) is 11.3 Å². The highest BCUT2D eigenvalue weighted by Gasteiger charge is 2.18. The lowest BCUT2D eigenvalue weighted by molar-refractivity contribution is 0.0696. The van der Waals surface area contributed by atoms with Gasteiger partial charge in [-0.3, -0.25) is 9.48 Å². The van der Waals surface area contributed by atoms with Gasteiger partial charge in [0.25, 0.3) is 5.91 Å². The molecule has 2 aromatic carbocycles. The van der Waals surface area contributed by atoms with E-state index in [4.69, 9.17) is 22.0 Å². The Morgan fingerprint density at radius 3 is 2.64 bits per heavy atom. The van der Waals surface area contributed by atoms with E-state index in [1.54, 1.807) is 42.6 Å². The van der Waals surface area contributed by atoms with Crippen molar-refractivity contribution in [3.8, 4) is 17.3 Å². The number of aromatic nitrogens is 2. The molecule has 1 heterocycles. The average molecular weight is 395 g/mol. The number of carbonyl (C=O) groups excluding carboxylic acids is 1. The molecule has 1 aromatic heterocycles. The number of carboxylic acids is 1. The van der Waals surface area contributed by atoms with Gasteiger partial charge < -0.3 is 10.4 Å². The Morgan fingerprint density at radius 1 is 1.21 bits per heavy atom. The molecule has 0 aliphatic rings. The number of amides is 1. The SMILES string of the molecule is N#CCCn1cc(C(=O)Nc2cccc(C(=O)O)c2)c(-c2ccc(Cl)cc2)n1. The average Bonchev–Trinajstić information content (AvgIpc) is 3.11. The normalized spacial score (nSPS) is 10.3. The molecular formula is C20H15ClN4O3. The number of nitrogens with zero attached hydrogens (tertiary/aromatic N) is 3. The van der Waals surface area contributed by atoms with E-state index in [1.807, 2.05) is 6.07 Å². The number of carbonyl (C=O) groups is 2. The molecule has 8 heteroatoms. The van der Waals surface area contributed by atoms with E-state index in [1.165, 1.54) is 16.8 Å². The summed E-state index contributed by atoms with van der Waals surface area (Å²) >= 11 is 5.93. The molecule has 0 bridgehead atoms. The topological polar surface area (TPSA) is 108 Å². The molecule has 0 aliphatic carbocycles. The quantitative estimate of drug-likeness (QED) is 0.655. The maximum absolute atomic E-state index is 12.8. The minimum Gasteiger partial charge on any atom is -0.478 e. The Bertz CT molecular complexity index is 1070. The third-order valence-electron chi connectivity index (χ3n) is 3.94. The zero-order valence-electron chi connectivity index (χ0n) is 14.6. The van der Waals surface area contributed by atoms with Crippen molar-refractivity contribution in [1.82, 2.24) is 9.78 Å². The van der Waals surface area contributed by atoms with Crippen LogP contribution < -0.4 is 5.32 Å². The van der Waals surface area contributed by atoms with Gasteiger partial charge in [-0.2, -0.15) is 10.4 Å². The van der Waals surface area contributed by atoms with Crippen LogP contribution in [0.2, 0.25) is 5.02 Å². The molecule has 7 nitrogen and oxygen atoms in total. The fourth-order valence-corrected chi connectivity index (χ4v) is 2.74. The highest BCUT2D eigenvalue weighted by atomic mass is 35.5. The van der Waals surface area contributed by atoms with Gasteiger partial charge in [0.2, 0.25) is 0 Å². The number of carboxylic acid groups (broad SMARTS) is 1. The summed E-state index contributed by atoms with van der Waals surface area (Å²) in [6.45, 7) is 0.346. The highest BCUT2D eigenvalue weighted by Crippen LogP contribution is 2.25. The molecule has 3 rings (SSSR count). The second-order valence-electron chi connectivity index (χ2n) is 5.91. The smallest absolute Gasteiger partial charge is 0.335 e. The second-order valence-corrected chi connectivity index (χ2v) is 6.35. The van der Waals surface area contributed by atoms with E-state index in [2.05, 4.69) is 10.4 Å². The molecule has 3 aromatic rings. The molecule has 0 atom stereocenters. The molecule has 0 radical (unpaired) electrons. The molecule has 2 N–H and O–H groups in total. The molecule has 28 heavy (non-hydrogen) atoms. The van der Waals surface area contributed by atoms with Crippen molar-refractivity contribution in [3.05, 3.63) is 70.9 Å². The van der Waals surface area contributed by atoms with Gasteiger partial charge in [-0.25, -0.2) is 4.79 Å². The molecular weight excluding hydrogens is 380 g/mol. The molecule has 0 fully saturated rings. The molecule has 140 valence electrons. The van der Waals surface area contributed by atoms with Crippen LogP contribution in [0.15, 0.2) is 54.7 Å². The Balaban J connectivity index is 1.94. The van der Waals surface area contributed by atoms with E-state index in [9.17, 15) is 9.59 Å². The third kappa shape index (κ3) is 4.37. The van der Waals surface area contributed by atoms with Gasteiger partial charge in [0.05, 0.1) is 30.2 Å². The number of hydrogen-bond donors (Lipinski definition) is 2. The van der Waals surface area contributed by atoms with E-state index in [-0.39, 0.29) is 12.0 Å². The summed E-state index contributed by atoms with van der Waals surface area (Å²) in [7, 11) is 0. The van der Waals surface area contributed by atoms with E-state index >= 15 is 0 Å². The lowest BCUT2D eigenvalue weighted by atomic mass is 10.1. The van der Waals surface area contributed by atoms with Gasteiger partial charge in [0.15, 0.2) is 0 Å². The first kappa shape index (κ1) is 19.1. The number of aromatic carboxylic acids is 1. The van der Waals surface area contributed by atoms with Crippen LogP contribution in [0.1, 0.15) is 27.1 Å². The number of rotatable bonds is 6. The summed E-state index contributed by atoms with van der Waals surface area (Å²) in [6.07, 6.45) is 1.82. The van der Waals surface area contributed by atoms with Crippen molar-refractivity contribution in [2.45, 2.75) is 13.0 Å². The van der Waals surface area contributed by atoms with Gasteiger partial charge >= 0.3 is 5.97 Å². The fourth-order valence-electron chi connectivity index (χ4n) is 2.62. The van der Waals surface area contributed by atoms with Gasteiger partial charge in [0, 0.05) is 22.5 Å². The summed E-state index contributed by atoms with van der Waals surface area (Å²) in [5.41, 5.74) is 1.88. The molecule has 0 aliphatic heterocycles. The Kier molecular flexibility index (Phi) is 5.72. The first-order valence-electron chi connectivity index (χ1n) is 8.33. The van der Waals surface area contributed by atoms with Crippen molar-refractivity contribution in [2.24, 2.45) is 0 Å². The maximum Gasteiger partial charge on any atom is 0.335 e. The number of nitriles is 1. The number of aryl methyl sites for hydroxylation is 1. The predicted molar refractivity (Wildman–Crippen MR) is 104 cm³/mol. The van der Waals surface area contributed by atoms with Crippen molar-refractivity contribution in [2.75, 3.05) is 5.32 Å².